The van der Waals surface area contributed by atoms with E-state index in [-0.39, 0.29) is 34.4 Å². The van der Waals surface area contributed by atoms with Crippen LogP contribution >= 0.6 is 27.7 Å². The predicted molar refractivity (Wildman–Crippen MR) is 160 cm³/mol. The molecule has 3 fully saturated rings. The number of hydrogen-bond acceptors (Lipinski definition) is 5. The molecule has 1 aromatic carbocycles. The summed E-state index contributed by atoms with van der Waals surface area (Å²) in [5, 5.41) is 10.5. The lowest BCUT2D eigenvalue weighted by Crippen LogP contribution is -2.58. The number of aliphatic hydroxyl groups excluding tert-OH is 1. The van der Waals surface area contributed by atoms with E-state index < -0.39 is 28.7 Å². The van der Waals surface area contributed by atoms with Gasteiger partial charge in [0.15, 0.2) is 0 Å². The van der Waals surface area contributed by atoms with Crippen molar-refractivity contribution >= 4 is 45.4 Å². The first-order valence-electron chi connectivity index (χ1n) is 13.8. The van der Waals surface area contributed by atoms with Crippen molar-refractivity contribution < 1.29 is 19.5 Å². The van der Waals surface area contributed by atoms with E-state index in [1.165, 1.54) is 0 Å². The maximum atomic E-state index is 14.5. The first-order chi connectivity index (χ1) is 18.7. The SMILES string of the molecule is C=CCN(C)C(=O)[C@H]1[C@@H]2SC3(CC2Br)C(C(=O)N(CC=C)CCCC)N([C@@H](CO)Cc2ccccc2)C(=O)[C@H]13. The van der Waals surface area contributed by atoms with Crippen LogP contribution in [0.25, 0.3) is 0 Å². The van der Waals surface area contributed by atoms with Crippen molar-refractivity contribution in [3.63, 3.8) is 0 Å². The highest BCUT2D eigenvalue weighted by Gasteiger charge is 2.76. The van der Waals surface area contributed by atoms with Gasteiger partial charge in [0.2, 0.25) is 17.7 Å². The van der Waals surface area contributed by atoms with E-state index in [0.717, 1.165) is 18.4 Å². The zero-order valence-electron chi connectivity index (χ0n) is 22.9. The van der Waals surface area contributed by atoms with Crippen LogP contribution in [0.4, 0.5) is 0 Å². The van der Waals surface area contributed by atoms with Gasteiger partial charge in [0.25, 0.3) is 0 Å². The molecule has 0 saturated carbocycles. The molecule has 3 heterocycles. The minimum atomic E-state index is -0.773. The van der Waals surface area contributed by atoms with Crippen molar-refractivity contribution in [2.45, 2.75) is 59.5 Å². The number of rotatable bonds is 13. The summed E-state index contributed by atoms with van der Waals surface area (Å²) in [5.74, 6) is -1.59. The molecule has 7 nitrogen and oxygen atoms in total. The Bertz CT molecular complexity index is 1090. The molecule has 0 radical (unpaired) electrons. The molecule has 2 bridgehead atoms. The molecule has 212 valence electrons. The van der Waals surface area contributed by atoms with Crippen molar-refractivity contribution in [3.05, 3.63) is 61.2 Å². The first kappa shape index (κ1) is 29.9. The van der Waals surface area contributed by atoms with Gasteiger partial charge >= 0.3 is 0 Å². The van der Waals surface area contributed by atoms with E-state index in [2.05, 4.69) is 36.0 Å². The number of likely N-dealkylation sites (tertiary alicyclic amines) is 1. The zero-order valence-corrected chi connectivity index (χ0v) is 25.3. The second-order valence-electron chi connectivity index (χ2n) is 10.9. The molecule has 1 aromatic rings. The van der Waals surface area contributed by atoms with E-state index in [4.69, 9.17) is 0 Å². The van der Waals surface area contributed by atoms with Crippen molar-refractivity contribution in [1.29, 1.82) is 0 Å². The van der Waals surface area contributed by atoms with Crippen LogP contribution in [0, 0.1) is 11.8 Å². The second kappa shape index (κ2) is 12.6. The molecule has 3 aliphatic heterocycles. The molecule has 4 rings (SSSR count). The van der Waals surface area contributed by atoms with E-state index in [0.29, 0.717) is 32.5 Å². The minimum absolute atomic E-state index is 0.00178. The highest BCUT2D eigenvalue weighted by atomic mass is 79.9. The Morgan fingerprint density at radius 3 is 2.54 bits per heavy atom. The van der Waals surface area contributed by atoms with Gasteiger partial charge in [-0.25, -0.2) is 0 Å². The maximum Gasteiger partial charge on any atom is 0.247 e. The van der Waals surface area contributed by atoms with E-state index >= 15 is 0 Å². The predicted octanol–water partition coefficient (Wildman–Crippen LogP) is 3.51. The highest BCUT2D eigenvalue weighted by molar-refractivity contribution is 9.09. The minimum Gasteiger partial charge on any atom is -0.394 e. The van der Waals surface area contributed by atoms with Gasteiger partial charge in [-0.15, -0.1) is 24.9 Å². The molecule has 1 N–H and O–H groups in total. The van der Waals surface area contributed by atoms with Crippen LogP contribution in [0.2, 0.25) is 0 Å². The maximum absolute atomic E-state index is 14.5. The summed E-state index contributed by atoms with van der Waals surface area (Å²) >= 11 is 5.45. The largest absolute Gasteiger partial charge is 0.394 e. The fourth-order valence-corrected chi connectivity index (χ4v) is 10.3. The average Bonchev–Trinajstić information content (AvgIpc) is 3.53. The molecule has 3 aliphatic rings. The van der Waals surface area contributed by atoms with E-state index in [9.17, 15) is 19.5 Å². The third-order valence-electron chi connectivity index (χ3n) is 8.39. The van der Waals surface area contributed by atoms with Crippen LogP contribution in [-0.2, 0) is 20.8 Å². The van der Waals surface area contributed by atoms with Crippen molar-refractivity contribution in [2.75, 3.05) is 33.3 Å². The molecule has 3 unspecified atom stereocenters. The van der Waals surface area contributed by atoms with Crippen LogP contribution < -0.4 is 0 Å². The standard InChI is InChI=1S/C30H40BrN3O4S/c1-5-8-16-33(15-7-3)29(38)26-30-18-22(31)25(39-30)23(27(36)32(4)14-6-2)24(30)28(37)34(26)21(19-35)17-20-12-10-9-11-13-20/h6-7,9-13,21-26,35H,2-3,5,8,14-19H2,1,4H3/t21-,22?,23-,24+,25-,26?,30?/m1/s1. The monoisotopic (exact) mass is 617 g/mol. The number of fused-ring (bicyclic) bond motifs is 1. The molecule has 1 spiro atoms. The van der Waals surface area contributed by atoms with Crippen LogP contribution in [0.15, 0.2) is 55.6 Å². The fourth-order valence-electron chi connectivity index (χ4n) is 6.67. The quantitative estimate of drug-likeness (QED) is 0.271. The summed E-state index contributed by atoms with van der Waals surface area (Å²) in [6.45, 7) is 10.8. The zero-order chi connectivity index (χ0) is 28.3. The summed E-state index contributed by atoms with van der Waals surface area (Å²) in [5.41, 5.74) is 0.979. The molecular weight excluding hydrogens is 578 g/mol. The van der Waals surface area contributed by atoms with Gasteiger partial charge in [-0.1, -0.05) is 71.8 Å². The van der Waals surface area contributed by atoms with Gasteiger partial charge in [0.1, 0.15) is 6.04 Å². The van der Waals surface area contributed by atoms with Gasteiger partial charge < -0.3 is 19.8 Å². The Morgan fingerprint density at radius 1 is 1.23 bits per heavy atom. The Morgan fingerprint density at radius 2 is 1.92 bits per heavy atom. The fraction of sp³-hybridized carbons (Fsp3) is 0.567. The van der Waals surface area contributed by atoms with E-state index in [1.54, 1.807) is 45.7 Å². The number of halogens is 1. The van der Waals surface area contributed by atoms with Gasteiger partial charge in [0, 0.05) is 36.8 Å². The Kier molecular flexibility index (Phi) is 9.65. The number of unbranched alkanes of at least 4 members (excludes halogenated alkanes) is 1. The van der Waals surface area contributed by atoms with Gasteiger partial charge in [-0.2, -0.15) is 0 Å². The van der Waals surface area contributed by atoms with Crippen LogP contribution in [0.1, 0.15) is 31.7 Å². The number of benzene rings is 1. The molecule has 0 aliphatic carbocycles. The molecule has 9 heteroatoms. The number of likely N-dealkylation sites (N-methyl/N-ethyl adjacent to an activating group) is 1. The second-order valence-corrected chi connectivity index (χ2v) is 13.6. The Labute approximate surface area is 244 Å². The third-order valence-corrected chi connectivity index (χ3v) is 11.6. The summed E-state index contributed by atoms with van der Waals surface area (Å²) in [6.07, 6.45) is 6.21. The number of aliphatic hydroxyl groups is 1. The average molecular weight is 619 g/mol. The summed E-state index contributed by atoms with van der Waals surface area (Å²) in [6, 6.07) is 8.37. The molecule has 0 aromatic heterocycles. The number of thioether (sulfide) groups is 1. The topological polar surface area (TPSA) is 81.2 Å². The lowest BCUT2D eigenvalue weighted by atomic mass is 9.70. The van der Waals surface area contributed by atoms with Gasteiger partial charge in [-0.3, -0.25) is 14.4 Å². The number of nitrogens with zero attached hydrogens (tertiary/aromatic N) is 3. The normalized spacial score (nSPS) is 29.7. The van der Waals surface area contributed by atoms with Gasteiger partial charge in [-0.05, 0) is 24.8 Å². The van der Waals surface area contributed by atoms with Crippen LogP contribution in [0.5, 0.6) is 0 Å². The van der Waals surface area contributed by atoms with Crippen molar-refractivity contribution in [3.8, 4) is 0 Å². The first-order valence-corrected chi connectivity index (χ1v) is 15.6. The number of carbonyl (C=O) groups is 3. The molecule has 39 heavy (non-hydrogen) atoms. The summed E-state index contributed by atoms with van der Waals surface area (Å²) in [4.78, 5) is 47.8. The molecule has 3 amide bonds. The molecule has 3 saturated heterocycles. The van der Waals surface area contributed by atoms with Crippen LogP contribution in [0.3, 0.4) is 0 Å². The third kappa shape index (κ3) is 5.34. The smallest absolute Gasteiger partial charge is 0.247 e. The Balaban J connectivity index is 1.80. The Hall–Kier alpha value is -2.10. The number of alkyl halides is 1. The van der Waals surface area contributed by atoms with Crippen LogP contribution in [-0.4, -0.2) is 97.7 Å². The summed E-state index contributed by atoms with van der Waals surface area (Å²) < 4.78 is -0.752. The molecular formula is C30H40BrN3O4S. The highest BCUT2D eigenvalue weighted by Crippen LogP contribution is 2.68. The number of hydrogen-bond donors (Lipinski definition) is 1. The summed E-state index contributed by atoms with van der Waals surface area (Å²) in [7, 11) is 1.74. The number of amides is 3. The van der Waals surface area contributed by atoms with Crippen molar-refractivity contribution in [1.82, 2.24) is 14.7 Å². The lowest BCUT2D eigenvalue weighted by molar-refractivity contribution is -0.146. The molecule has 7 atom stereocenters. The lowest BCUT2D eigenvalue weighted by Gasteiger charge is -2.40. The van der Waals surface area contributed by atoms with E-state index in [1.807, 2.05) is 30.3 Å². The number of carbonyl (C=O) groups excluding carboxylic acids is 3. The van der Waals surface area contributed by atoms with Gasteiger partial charge in [0.05, 0.1) is 29.2 Å². The van der Waals surface area contributed by atoms with Crippen molar-refractivity contribution in [2.24, 2.45) is 11.8 Å².